The molecule has 0 saturated heterocycles. The van der Waals surface area contributed by atoms with E-state index in [-0.39, 0.29) is 5.91 Å². The SMILES string of the molecule is Cn1cnc(-c2ccc(C(=O)Nc3nnc4n3CCCC4)cc2)n1. The molecule has 1 aliphatic heterocycles. The van der Waals surface area contributed by atoms with Crippen LogP contribution in [0.15, 0.2) is 30.6 Å². The summed E-state index contributed by atoms with van der Waals surface area (Å²) in [5.74, 6) is 1.89. The van der Waals surface area contributed by atoms with Gasteiger partial charge in [-0.2, -0.15) is 5.10 Å². The summed E-state index contributed by atoms with van der Waals surface area (Å²) < 4.78 is 3.62. The van der Waals surface area contributed by atoms with E-state index in [0.29, 0.717) is 17.3 Å². The zero-order valence-electron chi connectivity index (χ0n) is 13.3. The van der Waals surface area contributed by atoms with Gasteiger partial charge in [-0.3, -0.25) is 19.4 Å². The number of aromatic nitrogens is 6. The van der Waals surface area contributed by atoms with Crippen molar-refractivity contribution in [3.05, 3.63) is 42.0 Å². The highest BCUT2D eigenvalue weighted by atomic mass is 16.1. The third-order valence-corrected chi connectivity index (χ3v) is 4.09. The van der Waals surface area contributed by atoms with Gasteiger partial charge in [0.1, 0.15) is 12.2 Å². The molecule has 0 spiro atoms. The molecule has 0 radical (unpaired) electrons. The lowest BCUT2D eigenvalue weighted by molar-refractivity contribution is 0.102. The third kappa shape index (κ3) is 2.66. The number of carbonyl (C=O) groups excluding carboxylic acids is 1. The van der Waals surface area contributed by atoms with E-state index in [4.69, 9.17) is 0 Å². The summed E-state index contributed by atoms with van der Waals surface area (Å²) >= 11 is 0. The lowest BCUT2D eigenvalue weighted by Gasteiger charge is -2.14. The Labute approximate surface area is 138 Å². The van der Waals surface area contributed by atoms with Crippen LogP contribution in [-0.2, 0) is 20.0 Å². The Balaban J connectivity index is 1.51. The molecule has 0 atom stereocenters. The van der Waals surface area contributed by atoms with Gasteiger partial charge < -0.3 is 0 Å². The van der Waals surface area contributed by atoms with Gasteiger partial charge in [0.25, 0.3) is 5.91 Å². The van der Waals surface area contributed by atoms with Crippen molar-refractivity contribution in [2.75, 3.05) is 5.32 Å². The minimum Gasteiger partial charge on any atom is -0.297 e. The van der Waals surface area contributed by atoms with Gasteiger partial charge in [-0.05, 0) is 25.0 Å². The first-order chi connectivity index (χ1) is 11.7. The first kappa shape index (κ1) is 14.6. The fourth-order valence-corrected chi connectivity index (χ4v) is 2.82. The third-order valence-electron chi connectivity index (χ3n) is 4.09. The molecule has 0 aliphatic carbocycles. The molecule has 0 saturated carbocycles. The summed E-state index contributed by atoms with van der Waals surface area (Å²) in [4.78, 5) is 16.6. The molecule has 1 aromatic carbocycles. The monoisotopic (exact) mass is 323 g/mol. The second-order valence-electron chi connectivity index (χ2n) is 5.82. The van der Waals surface area contributed by atoms with Crippen molar-refractivity contribution >= 4 is 11.9 Å². The molecule has 4 rings (SSSR count). The van der Waals surface area contributed by atoms with Crippen LogP contribution >= 0.6 is 0 Å². The minimum atomic E-state index is -0.198. The van der Waals surface area contributed by atoms with Crippen LogP contribution in [0.1, 0.15) is 29.0 Å². The van der Waals surface area contributed by atoms with Crippen molar-refractivity contribution in [3.8, 4) is 11.4 Å². The number of nitrogens with one attached hydrogen (secondary N) is 1. The van der Waals surface area contributed by atoms with Crippen LogP contribution in [0.25, 0.3) is 11.4 Å². The average Bonchev–Trinajstić information content (AvgIpc) is 3.22. The van der Waals surface area contributed by atoms with Crippen LogP contribution in [0.4, 0.5) is 5.95 Å². The fraction of sp³-hybridized carbons (Fsp3) is 0.312. The van der Waals surface area contributed by atoms with Crippen LogP contribution in [0.2, 0.25) is 0 Å². The number of anilines is 1. The number of hydrogen-bond donors (Lipinski definition) is 1. The highest BCUT2D eigenvalue weighted by Crippen LogP contribution is 2.19. The second-order valence-corrected chi connectivity index (χ2v) is 5.82. The lowest BCUT2D eigenvalue weighted by Crippen LogP contribution is -2.18. The van der Waals surface area contributed by atoms with Gasteiger partial charge in [-0.15, -0.1) is 10.2 Å². The maximum Gasteiger partial charge on any atom is 0.258 e. The van der Waals surface area contributed by atoms with Crippen molar-refractivity contribution in [1.82, 2.24) is 29.5 Å². The molecule has 8 nitrogen and oxygen atoms in total. The summed E-state index contributed by atoms with van der Waals surface area (Å²) in [5.41, 5.74) is 1.43. The van der Waals surface area contributed by atoms with E-state index in [1.807, 2.05) is 23.7 Å². The summed E-state index contributed by atoms with van der Waals surface area (Å²) in [6.07, 6.45) is 4.76. The maximum absolute atomic E-state index is 12.4. The number of nitrogens with zero attached hydrogens (tertiary/aromatic N) is 6. The quantitative estimate of drug-likeness (QED) is 0.791. The van der Waals surface area contributed by atoms with Gasteiger partial charge in [0.15, 0.2) is 5.82 Å². The largest absolute Gasteiger partial charge is 0.297 e. The highest BCUT2D eigenvalue weighted by Gasteiger charge is 2.18. The highest BCUT2D eigenvalue weighted by molar-refractivity contribution is 6.03. The summed E-state index contributed by atoms with van der Waals surface area (Å²) in [6.45, 7) is 0.849. The number of fused-ring (bicyclic) bond motifs is 1. The van der Waals surface area contributed by atoms with Crippen molar-refractivity contribution in [2.24, 2.45) is 7.05 Å². The van der Waals surface area contributed by atoms with Crippen LogP contribution in [-0.4, -0.2) is 35.4 Å². The topological polar surface area (TPSA) is 90.5 Å². The minimum absolute atomic E-state index is 0.198. The van der Waals surface area contributed by atoms with Gasteiger partial charge in [0.05, 0.1) is 0 Å². The Morgan fingerprint density at radius 3 is 2.75 bits per heavy atom. The van der Waals surface area contributed by atoms with Crippen molar-refractivity contribution in [3.63, 3.8) is 0 Å². The summed E-state index contributed by atoms with van der Waals surface area (Å²) in [5, 5.41) is 15.3. The standard InChI is InChI=1S/C16H17N7O/c1-22-10-17-14(21-22)11-5-7-12(8-6-11)15(24)18-16-20-19-13-4-2-3-9-23(13)16/h5-8,10H,2-4,9H2,1H3,(H,18,20,24). The zero-order valence-corrected chi connectivity index (χ0v) is 13.3. The normalized spacial score (nSPS) is 13.5. The molecule has 3 aromatic rings. The van der Waals surface area contributed by atoms with Crippen molar-refractivity contribution in [1.29, 1.82) is 0 Å². The van der Waals surface area contributed by atoms with Crippen molar-refractivity contribution in [2.45, 2.75) is 25.8 Å². The number of carbonyl (C=O) groups is 1. The van der Waals surface area contributed by atoms with E-state index < -0.39 is 0 Å². The van der Waals surface area contributed by atoms with E-state index in [1.54, 1.807) is 23.1 Å². The van der Waals surface area contributed by atoms with Crippen LogP contribution < -0.4 is 5.32 Å². The Morgan fingerprint density at radius 2 is 2.00 bits per heavy atom. The number of aryl methyl sites for hydroxylation is 2. The van der Waals surface area contributed by atoms with Crippen LogP contribution in [0, 0.1) is 0 Å². The smallest absolute Gasteiger partial charge is 0.258 e. The van der Waals surface area contributed by atoms with E-state index >= 15 is 0 Å². The molecule has 2 aromatic heterocycles. The lowest BCUT2D eigenvalue weighted by atomic mass is 10.1. The number of benzene rings is 1. The molecule has 24 heavy (non-hydrogen) atoms. The Bertz CT molecular complexity index is 878. The molecular formula is C16H17N7O. The molecule has 3 heterocycles. The van der Waals surface area contributed by atoms with E-state index in [9.17, 15) is 4.79 Å². The van der Waals surface area contributed by atoms with Gasteiger partial charge in [-0.25, -0.2) is 4.98 Å². The van der Waals surface area contributed by atoms with Crippen LogP contribution in [0.3, 0.4) is 0 Å². The summed E-state index contributed by atoms with van der Waals surface area (Å²) in [6, 6.07) is 7.19. The van der Waals surface area contributed by atoms with Gasteiger partial charge >= 0.3 is 0 Å². The first-order valence-electron chi connectivity index (χ1n) is 7.90. The molecule has 122 valence electrons. The molecular weight excluding hydrogens is 306 g/mol. The molecule has 1 aliphatic rings. The Hall–Kier alpha value is -3.03. The van der Waals surface area contributed by atoms with Crippen molar-refractivity contribution < 1.29 is 4.79 Å². The first-order valence-corrected chi connectivity index (χ1v) is 7.90. The zero-order chi connectivity index (χ0) is 16.5. The maximum atomic E-state index is 12.4. The van der Waals surface area contributed by atoms with E-state index in [0.717, 1.165) is 37.2 Å². The predicted molar refractivity (Wildman–Crippen MR) is 87.4 cm³/mol. The van der Waals surface area contributed by atoms with Gasteiger partial charge in [-0.1, -0.05) is 12.1 Å². The number of amides is 1. The Morgan fingerprint density at radius 1 is 1.17 bits per heavy atom. The molecule has 0 unspecified atom stereocenters. The summed E-state index contributed by atoms with van der Waals surface area (Å²) in [7, 11) is 1.82. The van der Waals surface area contributed by atoms with E-state index in [2.05, 4.69) is 25.6 Å². The fourth-order valence-electron chi connectivity index (χ4n) is 2.82. The van der Waals surface area contributed by atoms with E-state index in [1.165, 1.54) is 0 Å². The number of hydrogen-bond acceptors (Lipinski definition) is 5. The second kappa shape index (κ2) is 5.88. The Kier molecular flexibility index (Phi) is 3.56. The predicted octanol–water partition coefficient (Wildman–Crippen LogP) is 1.66. The molecule has 8 heteroatoms. The number of rotatable bonds is 3. The average molecular weight is 323 g/mol. The molecule has 1 N–H and O–H groups in total. The molecule has 1 amide bonds. The van der Waals surface area contributed by atoms with Crippen LogP contribution in [0.5, 0.6) is 0 Å². The van der Waals surface area contributed by atoms with Gasteiger partial charge in [0, 0.05) is 31.1 Å². The molecule has 0 bridgehead atoms. The molecule has 0 fully saturated rings. The van der Waals surface area contributed by atoms with Gasteiger partial charge in [0.2, 0.25) is 5.95 Å².